The highest BCUT2D eigenvalue weighted by molar-refractivity contribution is 5.95. The molecule has 0 aliphatic heterocycles. The van der Waals surface area contributed by atoms with Crippen molar-refractivity contribution in [1.82, 2.24) is 34.9 Å². The van der Waals surface area contributed by atoms with Crippen LogP contribution in [-0.2, 0) is 12.8 Å². The van der Waals surface area contributed by atoms with Gasteiger partial charge in [-0.25, -0.2) is 18.9 Å². The highest BCUT2D eigenvalue weighted by Crippen LogP contribution is 2.21. The van der Waals surface area contributed by atoms with E-state index in [4.69, 9.17) is 0 Å². The summed E-state index contributed by atoms with van der Waals surface area (Å²) in [6.07, 6.45) is 7.92. The second-order valence-corrected chi connectivity index (χ2v) is 8.83. The molecule has 38 heavy (non-hydrogen) atoms. The van der Waals surface area contributed by atoms with Crippen molar-refractivity contribution in [2.24, 2.45) is 0 Å². The minimum absolute atomic E-state index is 0.0297. The van der Waals surface area contributed by atoms with Crippen LogP contribution in [0.5, 0.6) is 0 Å². The van der Waals surface area contributed by atoms with E-state index < -0.39 is 11.7 Å². The lowest BCUT2D eigenvalue weighted by atomic mass is 10.1. The van der Waals surface area contributed by atoms with Gasteiger partial charge in [-0.2, -0.15) is 5.10 Å². The number of hydrogen-bond donors (Lipinski definition) is 1. The van der Waals surface area contributed by atoms with Crippen LogP contribution in [0.4, 0.5) is 4.39 Å². The number of benzene rings is 2. The Morgan fingerprint density at radius 2 is 1.79 bits per heavy atom. The summed E-state index contributed by atoms with van der Waals surface area (Å²) in [4.78, 5) is 29.9. The van der Waals surface area contributed by atoms with Crippen molar-refractivity contribution in [3.8, 4) is 11.3 Å². The monoisotopic (exact) mass is 503 g/mol. The van der Waals surface area contributed by atoms with E-state index in [0.717, 1.165) is 27.9 Å². The highest BCUT2D eigenvalue weighted by atomic mass is 19.1. The zero-order chi connectivity index (χ0) is 25.9. The van der Waals surface area contributed by atoms with Crippen molar-refractivity contribution in [3.05, 3.63) is 120 Å². The second kappa shape index (κ2) is 10.1. The van der Waals surface area contributed by atoms with Crippen LogP contribution in [0.15, 0.2) is 91.5 Å². The molecule has 0 saturated carbocycles. The van der Waals surface area contributed by atoms with Gasteiger partial charge >= 0.3 is 0 Å². The van der Waals surface area contributed by atoms with Gasteiger partial charge in [0.15, 0.2) is 0 Å². The molecule has 6 aromatic rings. The number of nitrogens with one attached hydrogen (secondary N) is 1. The molecule has 0 aliphatic rings. The van der Waals surface area contributed by atoms with E-state index in [1.54, 1.807) is 35.4 Å². The lowest BCUT2D eigenvalue weighted by molar-refractivity contribution is 0.0950. The van der Waals surface area contributed by atoms with E-state index in [-0.39, 0.29) is 5.56 Å². The Morgan fingerprint density at radius 1 is 0.895 bits per heavy atom. The van der Waals surface area contributed by atoms with Crippen molar-refractivity contribution in [1.29, 1.82) is 0 Å². The Bertz CT molecular complexity index is 1770. The zero-order valence-corrected chi connectivity index (χ0v) is 20.3. The molecule has 0 spiro atoms. The van der Waals surface area contributed by atoms with E-state index >= 15 is 0 Å². The van der Waals surface area contributed by atoms with Crippen LogP contribution in [-0.4, -0.2) is 42.0 Å². The fraction of sp³-hybridized carbons (Fsp3) is 0.103. The molecule has 2 aromatic carbocycles. The van der Waals surface area contributed by atoms with Gasteiger partial charge in [0.05, 0.1) is 29.2 Å². The Hall–Kier alpha value is -5.05. The highest BCUT2D eigenvalue weighted by Gasteiger charge is 2.15. The number of imidazole rings is 1. The number of hydrogen-bond acceptors (Lipinski definition) is 6. The number of rotatable bonds is 7. The van der Waals surface area contributed by atoms with Crippen LogP contribution < -0.4 is 5.32 Å². The summed E-state index contributed by atoms with van der Waals surface area (Å²) in [5.41, 5.74) is 4.68. The first-order chi connectivity index (χ1) is 18.6. The van der Waals surface area contributed by atoms with Crippen molar-refractivity contribution in [2.75, 3.05) is 6.54 Å². The molecule has 0 unspecified atom stereocenters. The van der Waals surface area contributed by atoms with Crippen molar-refractivity contribution in [3.63, 3.8) is 0 Å². The third-order valence-electron chi connectivity index (χ3n) is 6.26. The maximum atomic E-state index is 14.9. The lowest BCUT2D eigenvalue weighted by Gasteiger charge is -2.08. The second-order valence-electron chi connectivity index (χ2n) is 8.83. The van der Waals surface area contributed by atoms with Crippen LogP contribution in [0.25, 0.3) is 27.9 Å². The van der Waals surface area contributed by atoms with Crippen LogP contribution in [0.3, 0.4) is 0 Å². The van der Waals surface area contributed by atoms with Gasteiger partial charge in [0.25, 0.3) is 11.7 Å². The molecule has 4 aromatic heterocycles. The first kappa shape index (κ1) is 23.4. The average Bonchev–Trinajstić information content (AvgIpc) is 3.35. The summed E-state index contributed by atoms with van der Waals surface area (Å²) < 4.78 is 16.6. The van der Waals surface area contributed by atoms with Crippen LogP contribution in [0.2, 0.25) is 0 Å². The molecule has 0 aliphatic carbocycles. The van der Waals surface area contributed by atoms with E-state index in [2.05, 4.69) is 36.4 Å². The Labute approximate surface area is 217 Å². The van der Waals surface area contributed by atoms with E-state index in [0.29, 0.717) is 36.4 Å². The third kappa shape index (κ3) is 4.81. The Morgan fingerprint density at radius 3 is 2.66 bits per heavy atom. The first-order valence-electron chi connectivity index (χ1n) is 12.2. The largest absolute Gasteiger partial charge is 0.352 e. The topological polar surface area (TPSA) is 98.0 Å². The Balaban J connectivity index is 1.20. The number of amides is 1. The quantitative estimate of drug-likeness (QED) is 0.346. The molecule has 8 nitrogen and oxygen atoms in total. The minimum Gasteiger partial charge on any atom is -0.352 e. The molecule has 1 amide bonds. The molecular formula is C29H22FN7O. The van der Waals surface area contributed by atoms with Gasteiger partial charge in [-0.15, -0.1) is 0 Å². The number of aromatic nitrogens is 6. The molecule has 4 heterocycles. The molecule has 0 atom stereocenters. The normalized spacial score (nSPS) is 11.2. The molecule has 0 fully saturated rings. The standard InChI is InChI=1S/C29H22FN7O/c30-25-16-21(7-8-24(25)28(38)33-13-10-22-5-1-2-11-31-22)27-18-35-29-34-17-23(37(29)36-27)15-19-6-9-26-20(14-19)4-3-12-32-26/h1-9,11-12,14,16-18H,10,13,15H2,(H,33,38). The fourth-order valence-electron chi connectivity index (χ4n) is 4.32. The van der Waals surface area contributed by atoms with Gasteiger partial charge in [-0.05, 0) is 48.0 Å². The van der Waals surface area contributed by atoms with Gasteiger partial charge in [-0.1, -0.05) is 24.3 Å². The zero-order valence-electron chi connectivity index (χ0n) is 20.3. The number of carbonyl (C=O) groups is 1. The van der Waals surface area contributed by atoms with Crippen molar-refractivity contribution in [2.45, 2.75) is 12.8 Å². The summed E-state index contributed by atoms with van der Waals surface area (Å²) in [5.74, 6) is -0.653. The van der Waals surface area contributed by atoms with Crippen LogP contribution in [0, 0.1) is 5.82 Å². The van der Waals surface area contributed by atoms with Crippen LogP contribution >= 0.6 is 0 Å². The number of carbonyl (C=O) groups excluding carboxylic acids is 1. The van der Waals surface area contributed by atoms with E-state index in [9.17, 15) is 9.18 Å². The molecule has 0 radical (unpaired) electrons. The van der Waals surface area contributed by atoms with Gasteiger partial charge in [0.1, 0.15) is 11.5 Å². The summed E-state index contributed by atoms with van der Waals surface area (Å²) in [7, 11) is 0. The number of nitrogens with zero attached hydrogens (tertiary/aromatic N) is 6. The summed E-state index contributed by atoms with van der Waals surface area (Å²) in [5, 5.41) is 8.47. The third-order valence-corrected chi connectivity index (χ3v) is 6.26. The maximum Gasteiger partial charge on any atom is 0.254 e. The maximum absolute atomic E-state index is 14.9. The minimum atomic E-state index is -0.629. The molecular weight excluding hydrogens is 481 g/mol. The molecule has 0 saturated heterocycles. The molecule has 186 valence electrons. The summed E-state index contributed by atoms with van der Waals surface area (Å²) in [6, 6.07) is 20.1. The van der Waals surface area contributed by atoms with Gasteiger partial charge < -0.3 is 5.32 Å². The van der Waals surface area contributed by atoms with Gasteiger partial charge in [0, 0.05) is 48.4 Å². The molecule has 6 rings (SSSR count). The van der Waals surface area contributed by atoms with Crippen molar-refractivity contribution >= 4 is 22.6 Å². The Kier molecular flexibility index (Phi) is 6.23. The van der Waals surface area contributed by atoms with Crippen LogP contribution in [0.1, 0.15) is 27.3 Å². The number of halogens is 1. The smallest absolute Gasteiger partial charge is 0.254 e. The average molecular weight is 504 g/mol. The molecule has 9 heteroatoms. The predicted molar refractivity (Wildman–Crippen MR) is 141 cm³/mol. The predicted octanol–water partition coefficient (Wildman–Crippen LogP) is 4.44. The van der Waals surface area contributed by atoms with Gasteiger partial charge in [-0.3, -0.25) is 14.8 Å². The number of pyridine rings is 2. The fourth-order valence-corrected chi connectivity index (χ4v) is 4.32. The summed E-state index contributed by atoms with van der Waals surface area (Å²) in [6.45, 7) is 0.357. The molecule has 0 bridgehead atoms. The number of fused-ring (bicyclic) bond motifs is 2. The summed E-state index contributed by atoms with van der Waals surface area (Å²) >= 11 is 0. The van der Waals surface area contributed by atoms with Crippen molar-refractivity contribution < 1.29 is 9.18 Å². The lowest BCUT2D eigenvalue weighted by Crippen LogP contribution is -2.26. The first-order valence-corrected chi connectivity index (χ1v) is 12.2. The van der Waals surface area contributed by atoms with E-state index in [1.807, 2.05) is 42.5 Å². The SMILES string of the molecule is O=C(NCCc1ccccn1)c1ccc(-c2cnc3ncc(Cc4ccc5ncccc5c4)n3n2)cc1F. The molecule has 1 N–H and O–H groups in total. The van der Waals surface area contributed by atoms with E-state index in [1.165, 1.54) is 12.1 Å². The van der Waals surface area contributed by atoms with Gasteiger partial charge in [0.2, 0.25) is 0 Å².